The standard InChI is InChI=1S/C27H31FN4O3/c1-17(2)31-12-11-30(16-20(31)13-18-7-8-18)26(34)22-14-19(9-10-23(22)28)15-32-24-6-4-3-5-21(24)25(33)29-27(32)35/h3-6,9-10,14,17-18,20H,7-8,11-13,15-16H2,1-2H3,(H,29,33,35)/t20-/m0/s1. The molecule has 1 atom stereocenters. The average Bonchev–Trinajstić information content (AvgIpc) is 3.66. The molecule has 3 aromatic rings. The van der Waals surface area contributed by atoms with Crippen LogP contribution in [0.2, 0.25) is 0 Å². The second-order valence-electron chi connectivity index (χ2n) is 10.1. The van der Waals surface area contributed by atoms with Crippen LogP contribution in [0.5, 0.6) is 0 Å². The van der Waals surface area contributed by atoms with Gasteiger partial charge in [0.15, 0.2) is 0 Å². The molecule has 8 heteroatoms. The molecule has 184 valence electrons. The van der Waals surface area contributed by atoms with E-state index < -0.39 is 17.1 Å². The number of hydrogen-bond donors (Lipinski definition) is 1. The number of fused-ring (bicyclic) bond motifs is 1. The van der Waals surface area contributed by atoms with Gasteiger partial charge in [0.1, 0.15) is 5.82 Å². The van der Waals surface area contributed by atoms with Crippen molar-refractivity contribution in [1.82, 2.24) is 19.4 Å². The van der Waals surface area contributed by atoms with Crippen LogP contribution < -0.4 is 11.2 Å². The highest BCUT2D eigenvalue weighted by atomic mass is 19.1. The Bertz CT molecular complexity index is 1370. The maximum Gasteiger partial charge on any atom is 0.329 e. The monoisotopic (exact) mass is 478 g/mol. The Labute approximate surface area is 203 Å². The summed E-state index contributed by atoms with van der Waals surface area (Å²) in [6.07, 6.45) is 3.59. The predicted molar refractivity (Wildman–Crippen MR) is 133 cm³/mol. The molecule has 5 rings (SSSR count). The van der Waals surface area contributed by atoms with Crippen molar-refractivity contribution in [2.24, 2.45) is 5.92 Å². The Balaban J connectivity index is 1.41. The smallest absolute Gasteiger partial charge is 0.329 e. The number of amides is 1. The zero-order chi connectivity index (χ0) is 24.7. The fourth-order valence-electron chi connectivity index (χ4n) is 5.27. The van der Waals surface area contributed by atoms with E-state index in [9.17, 15) is 18.8 Å². The van der Waals surface area contributed by atoms with Crippen LogP contribution in [0.25, 0.3) is 10.9 Å². The summed E-state index contributed by atoms with van der Waals surface area (Å²) in [6.45, 7) is 6.42. The number of hydrogen-bond acceptors (Lipinski definition) is 4. The van der Waals surface area contributed by atoms with Crippen molar-refractivity contribution in [1.29, 1.82) is 0 Å². The van der Waals surface area contributed by atoms with Gasteiger partial charge >= 0.3 is 5.69 Å². The van der Waals surface area contributed by atoms with Crippen molar-refractivity contribution in [3.05, 3.63) is 80.2 Å². The summed E-state index contributed by atoms with van der Waals surface area (Å²) in [4.78, 5) is 44.7. The number of nitrogens with one attached hydrogen (secondary N) is 1. The van der Waals surface area contributed by atoms with E-state index in [1.165, 1.54) is 29.5 Å². The Morgan fingerprint density at radius 3 is 2.63 bits per heavy atom. The fraction of sp³-hybridized carbons (Fsp3) is 0.444. The summed E-state index contributed by atoms with van der Waals surface area (Å²) in [6, 6.07) is 11.9. The Morgan fingerprint density at radius 1 is 1.11 bits per heavy atom. The molecule has 0 bridgehead atoms. The van der Waals surface area contributed by atoms with Gasteiger partial charge in [0.2, 0.25) is 0 Å². The molecule has 1 saturated heterocycles. The maximum atomic E-state index is 14.8. The van der Waals surface area contributed by atoms with E-state index in [0.717, 1.165) is 18.9 Å². The zero-order valence-electron chi connectivity index (χ0n) is 20.2. The quantitative estimate of drug-likeness (QED) is 0.590. The minimum absolute atomic E-state index is 0.0208. The Hall–Kier alpha value is -3.26. The lowest BCUT2D eigenvalue weighted by atomic mass is 10.0. The molecule has 2 heterocycles. The SMILES string of the molecule is CC(C)N1CCN(C(=O)c2cc(Cn3c(=O)[nH]c(=O)c4ccccc43)ccc2F)C[C@@H]1CC1CC1. The molecule has 1 saturated carbocycles. The molecule has 2 fully saturated rings. The molecule has 2 aliphatic rings. The molecule has 2 aromatic carbocycles. The Kier molecular flexibility index (Phi) is 6.32. The van der Waals surface area contributed by atoms with Gasteiger partial charge in [0.25, 0.3) is 11.5 Å². The number of para-hydroxylation sites is 1. The summed E-state index contributed by atoms with van der Waals surface area (Å²) in [7, 11) is 0. The number of carbonyl (C=O) groups excluding carboxylic acids is 1. The van der Waals surface area contributed by atoms with Gasteiger partial charge < -0.3 is 4.90 Å². The molecule has 1 aliphatic heterocycles. The van der Waals surface area contributed by atoms with Gasteiger partial charge in [0.05, 0.1) is 23.0 Å². The highest BCUT2D eigenvalue weighted by Gasteiger charge is 2.35. The lowest BCUT2D eigenvalue weighted by Gasteiger charge is -2.44. The Morgan fingerprint density at radius 2 is 1.89 bits per heavy atom. The van der Waals surface area contributed by atoms with Crippen LogP contribution in [-0.2, 0) is 6.54 Å². The van der Waals surface area contributed by atoms with Crippen molar-refractivity contribution >= 4 is 16.8 Å². The molecule has 1 N–H and O–H groups in total. The second kappa shape index (κ2) is 9.41. The van der Waals surface area contributed by atoms with Gasteiger partial charge in [-0.1, -0.05) is 31.0 Å². The van der Waals surface area contributed by atoms with Gasteiger partial charge in [-0.25, -0.2) is 9.18 Å². The minimum atomic E-state index is -0.567. The van der Waals surface area contributed by atoms with Crippen molar-refractivity contribution < 1.29 is 9.18 Å². The van der Waals surface area contributed by atoms with Gasteiger partial charge in [-0.05, 0) is 56.0 Å². The van der Waals surface area contributed by atoms with Crippen LogP contribution >= 0.6 is 0 Å². The third kappa shape index (κ3) is 4.80. The van der Waals surface area contributed by atoms with Crippen LogP contribution in [0, 0.1) is 11.7 Å². The molecular formula is C27H31FN4O3. The van der Waals surface area contributed by atoms with Crippen LogP contribution in [0.15, 0.2) is 52.1 Å². The second-order valence-corrected chi connectivity index (χ2v) is 10.1. The number of benzene rings is 2. The number of aromatic amines is 1. The molecule has 0 unspecified atom stereocenters. The van der Waals surface area contributed by atoms with E-state index in [1.807, 2.05) is 0 Å². The first-order valence-electron chi connectivity index (χ1n) is 12.4. The third-order valence-electron chi connectivity index (χ3n) is 7.29. The highest BCUT2D eigenvalue weighted by Crippen LogP contribution is 2.36. The van der Waals surface area contributed by atoms with Gasteiger partial charge in [0, 0.05) is 31.7 Å². The summed E-state index contributed by atoms with van der Waals surface area (Å²) in [5.41, 5.74) is 0.139. The van der Waals surface area contributed by atoms with Crippen molar-refractivity contribution in [3.8, 4) is 0 Å². The predicted octanol–water partition coefficient (Wildman–Crippen LogP) is 3.21. The topological polar surface area (TPSA) is 78.4 Å². The number of piperazine rings is 1. The number of nitrogens with zero attached hydrogens (tertiary/aromatic N) is 3. The first kappa shape index (κ1) is 23.5. The molecular weight excluding hydrogens is 447 g/mol. The van der Waals surface area contributed by atoms with Crippen LogP contribution in [0.4, 0.5) is 4.39 Å². The van der Waals surface area contributed by atoms with E-state index in [-0.39, 0.29) is 24.1 Å². The number of halogens is 1. The maximum absolute atomic E-state index is 14.8. The first-order valence-corrected chi connectivity index (χ1v) is 12.4. The van der Waals surface area contributed by atoms with Crippen molar-refractivity contribution in [2.45, 2.75) is 51.7 Å². The molecule has 1 amide bonds. The number of rotatable bonds is 6. The summed E-state index contributed by atoms with van der Waals surface area (Å²) < 4.78 is 16.3. The van der Waals surface area contributed by atoms with E-state index in [1.54, 1.807) is 35.2 Å². The summed E-state index contributed by atoms with van der Waals surface area (Å²) >= 11 is 0. The largest absolute Gasteiger partial charge is 0.336 e. The minimum Gasteiger partial charge on any atom is -0.336 e. The number of aromatic nitrogens is 2. The zero-order valence-corrected chi connectivity index (χ0v) is 20.2. The molecule has 35 heavy (non-hydrogen) atoms. The van der Waals surface area contributed by atoms with Gasteiger partial charge in [-0.15, -0.1) is 0 Å². The van der Waals surface area contributed by atoms with Crippen LogP contribution in [0.1, 0.15) is 49.0 Å². The summed E-state index contributed by atoms with van der Waals surface area (Å²) in [5.74, 6) is -0.142. The molecule has 7 nitrogen and oxygen atoms in total. The van der Waals surface area contributed by atoms with Crippen LogP contribution in [-0.4, -0.2) is 57.0 Å². The third-order valence-corrected chi connectivity index (χ3v) is 7.29. The number of carbonyl (C=O) groups is 1. The van der Waals surface area contributed by atoms with Crippen molar-refractivity contribution in [3.63, 3.8) is 0 Å². The average molecular weight is 479 g/mol. The van der Waals surface area contributed by atoms with Crippen LogP contribution in [0.3, 0.4) is 0 Å². The number of H-pyrrole nitrogens is 1. The van der Waals surface area contributed by atoms with Crippen molar-refractivity contribution in [2.75, 3.05) is 19.6 Å². The van der Waals surface area contributed by atoms with E-state index in [4.69, 9.17) is 0 Å². The van der Waals surface area contributed by atoms with E-state index in [2.05, 4.69) is 23.7 Å². The van der Waals surface area contributed by atoms with Gasteiger partial charge in [-0.3, -0.25) is 24.0 Å². The molecule has 0 radical (unpaired) electrons. The summed E-state index contributed by atoms with van der Waals surface area (Å²) in [5, 5.41) is 0.398. The van der Waals surface area contributed by atoms with E-state index in [0.29, 0.717) is 35.6 Å². The van der Waals surface area contributed by atoms with Gasteiger partial charge in [-0.2, -0.15) is 0 Å². The lowest BCUT2D eigenvalue weighted by molar-refractivity contribution is 0.0339. The highest BCUT2D eigenvalue weighted by molar-refractivity contribution is 5.94. The van der Waals surface area contributed by atoms with E-state index >= 15 is 0 Å². The molecule has 0 spiro atoms. The fourth-order valence-corrected chi connectivity index (χ4v) is 5.27. The molecule has 1 aliphatic carbocycles. The molecule has 1 aromatic heterocycles. The lowest BCUT2D eigenvalue weighted by Crippen LogP contribution is -2.56. The first-order chi connectivity index (χ1) is 16.8. The normalized spacial score (nSPS) is 19.0.